The molecule has 0 saturated carbocycles. The van der Waals surface area contributed by atoms with Crippen LogP contribution in [0.5, 0.6) is 11.5 Å². The number of benzene rings is 2. The number of ether oxygens (including phenoxy) is 2. The molecule has 1 N–H and O–H groups in total. The summed E-state index contributed by atoms with van der Waals surface area (Å²) >= 11 is 0. The monoisotopic (exact) mass is 376 g/mol. The third-order valence-electron chi connectivity index (χ3n) is 4.13. The van der Waals surface area contributed by atoms with Crippen LogP contribution in [0.4, 0.5) is 11.4 Å². The van der Waals surface area contributed by atoms with Crippen molar-refractivity contribution in [2.45, 2.75) is 18.7 Å². The zero-order valence-corrected chi connectivity index (χ0v) is 15.6. The third kappa shape index (κ3) is 3.45. The quantitative estimate of drug-likeness (QED) is 0.886. The van der Waals surface area contributed by atoms with Crippen molar-refractivity contribution in [3.63, 3.8) is 0 Å². The summed E-state index contributed by atoms with van der Waals surface area (Å²) in [6.07, 6.45) is 0. The number of methoxy groups -OCH3 is 1. The van der Waals surface area contributed by atoms with E-state index in [0.29, 0.717) is 36.0 Å². The minimum Gasteiger partial charge on any atom is -0.496 e. The molecular weight excluding hydrogens is 356 g/mol. The highest BCUT2D eigenvalue weighted by molar-refractivity contribution is 7.92. The molecule has 0 spiro atoms. The number of carbonyl (C=O) groups is 1. The molecule has 1 heterocycles. The Balaban J connectivity index is 1.89. The van der Waals surface area contributed by atoms with Crippen LogP contribution in [0.3, 0.4) is 0 Å². The first-order valence-corrected chi connectivity index (χ1v) is 9.52. The molecule has 0 atom stereocenters. The van der Waals surface area contributed by atoms with E-state index < -0.39 is 10.0 Å². The molecule has 3 rings (SSSR count). The number of sulfonamides is 1. The van der Waals surface area contributed by atoms with Gasteiger partial charge in [-0.15, -0.1) is 0 Å². The molecule has 8 heteroatoms. The number of nitrogens with zero attached hydrogens (tertiary/aromatic N) is 1. The second kappa shape index (κ2) is 6.87. The SMILES string of the molecule is COc1ccc(S(=O)(=O)Nc2ccc3c(c2)OCCN3C(C)=O)cc1C. The van der Waals surface area contributed by atoms with E-state index in [9.17, 15) is 13.2 Å². The number of anilines is 2. The number of aryl methyl sites for hydroxylation is 1. The summed E-state index contributed by atoms with van der Waals surface area (Å²) in [5.74, 6) is 1.00. The van der Waals surface area contributed by atoms with Gasteiger partial charge < -0.3 is 14.4 Å². The van der Waals surface area contributed by atoms with Crippen LogP contribution in [-0.2, 0) is 14.8 Å². The molecule has 2 aromatic rings. The van der Waals surface area contributed by atoms with Crippen LogP contribution in [0.25, 0.3) is 0 Å². The van der Waals surface area contributed by atoms with Crippen LogP contribution in [0, 0.1) is 6.92 Å². The Morgan fingerprint density at radius 1 is 1.23 bits per heavy atom. The van der Waals surface area contributed by atoms with Gasteiger partial charge >= 0.3 is 0 Å². The zero-order chi connectivity index (χ0) is 18.9. The van der Waals surface area contributed by atoms with E-state index in [1.54, 1.807) is 42.2 Å². The Morgan fingerprint density at radius 2 is 2.00 bits per heavy atom. The van der Waals surface area contributed by atoms with Crippen LogP contribution in [0.1, 0.15) is 12.5 Å². The largest absolute Gasteiger partial charge is 0.496 e. The first-order valence-electron chi connectivity index (χ1n) is 8.04. The number of rotatable bonds is 4. The van der Waals surface area contributed by atoms with Crippen LogP contribution in [-0.4, -0.2) is 34.6 Å². The standard InChI is InChI=1S/C18H20N2O5S/c1-12-10-15(5-7-17(12)24-3)26(22,23)19-14-4-6-16-18(11-14)25-9-8-20(16)13(2)21/h4-7,10-11,19H,8-9H2,1-3H3. The predicted octanol–water partition coefficient (Wildman–Crippen LogP) is 2.55. The average molecular weight is 376 g/mol. The minimum absolute atomic E-state index is 0.0865. The topological polar surface area (TPSA) is 84.9 Å². The second-order valence-electron chi connectivity index (χ2n) is 5.94. The Labute approximate surface area is 152 Å². The Bertz CT molecular complexity index is 956. The van der Waals surface area contributed by atoms with Gasteiger partial charge in [-0.2, -0.15) is 0 Å². The normalized spacial score (nSPS) is 13.6. The molecule has 138 valence electrons. The molecule has 0 fully saturated rings. The number of hydrogen-bond acceptors (Lipinski definition) is 5. The van der Waals surface area contributed by atoms with E-state index in [2.05, 4.69) is 4.72 Å². The van der Waals surface area contributed by atoms with Crippen molar-refractivity contribution < 1.29 is 22.7 Å². The Hall–Kier alpha value is -2.74. The molecule has 1 amide bonds. The van der Waals surface area contributed by atoms with Gasteiger partial charge in [-0.1, -0.05) is 0 Å². The maximum atomic E-state index is 12.6. The Morgan fingerprint density at radius 3 is 2.65 bits per heavy atom. The second-order valence-corrected chi connectivity index (χ2v) is 7.62. The summed E-state index contributed by atoms with van der Waals surface area (Å²) in [6.45, 7) is 4.09. The van der Waals surface area contributed by atoms with Crippen molar-refractivity contribution in [2.24, 2.45) is 0 Å². The van der Waals surface area contributed by atoms with Gasteiger partial charge in [0.25, 0.3) is 10.0 Å². The van der Waals surface area contributed by atoms with E-state index in [1.165, 1.54) is 20.1 Å². The third-order valence-corrected chi connectivity index (χ3v) is 5.51. The summed E-state index contributed by atoms with van der Waals surface area (Å²) in [6, 6.07) is 9.52. The predicted molar refractivity (Wildman–Crippen MR) is 98.5 cm³/mol. The highest BCUT2D eigenvalue weighted by Crippen LogP contribution is 2.35. The number of hydrogen-bond donors (Lipinski definition) is 1. The smallest absolute Gasteiger partial charge is 0.261 e. The van der Waals surface area contributed by atoms with Gasteiger partial charge in [0.15, 0.2) is 0 Å². The van der Waals surface area contributed by atoms with Crippen molar-refractivity contribution in [1.82, 2.24) is 0 Å². The van der Waals surface area contributed by atoms with Crippen LogP contribution in [0.2, 0.25) is 0 Å². The molecule has 0 unspecified atom stereocenters. The van der Waals surface area contributed by atoms with Gasteiger partial charge in [0.1, 0.15) is 18.1 Å². The molecule has 0 bridgehead atoms. The highest BCUT2D eigenvalue weighted by Gasteiger charge is 2.22. The molecule has 0 aliphatic carbocycles. The van der Waals surface area contributed by atoms with Gasteiger partial charge in [0.2, 0.25) is 5.91 Å². The lowest BCUT2D eigenvalue weighted by Crippen LogP contribution is -2.36. The van der Waals surface area contributed by atoms with Crippen LogP contribution >= 0.6 is 0 Å². The summed E-state index contributed by atoms with van der Waals surface area (Å²) in [5, 5.41) is 0. The molecule has 0 radical (unpaired) electrons. The Kier molecular flexibility index (Phi) is 4.78. The van der Waals surface area contributed by atoms with Crippen LogP contribution in [0.15, 0.2) is 41.3 Å². The average Bonchev–Trinajstić information content (AvgIpc) is 2.60. The van der Waals surface area contributed by atoms with Gasteiger partial charge in [-0.25, -0.2) is 8.42 Å². The number of amides is 1. The summed E-state index contributed by atoms with van der Waals surface area (Å²) < 4.78 is 38.5. The van der Waals surface area contributed by atoms with E-state index in [-0.39, 0.29) is 10.8 Å². The van der Waals surface area contributed by atoms with Crippen molar-refractivity contribution in [3.8, 4) is 11.5 Å². The highest BCUT2D eigenvalue weighted by atomic mass is 32.2. The van der Waals surface area contributed by atoms with Crippen molar-refractivity contribution in [2.75, 3.05) is 29.9 Å². The fourth-order valence-electron chi connectivity index (χ4n) is 2.84. The molecule has 7 nitrogen and oxygen atoms in total. The molecule has 1 aliphatic heterocycles. The fourth-order valence-corrected chi connectivity index (χ4v) is 3.98. The lowest BCUT2D eigenvalue weighted by Gasteiger charge is -2.29. The van der Waals surface area contributed by atoms with E-state index in [4.69, 9.17) is 9.47 Å². The van der Waals surface area contributed by atoms with Crippen molar-refractivity contribution >= 4 is 27.3 Å². The number of nitrogens with one attached hydrogen (secondary N) is 1. The minimum atomic E-state index is -3.76. The first kappa shape index (κ1) is 18.1. The van der Waals surface area contributed by atoms with Gasteiger partial charge in [0, 0.05) is 13.0 Å². The fraction of sp³-hybridized carbons (Fsp3) is 0.278. The summed E-state index contributed by atoms with van der Waals surface area (Å²) in [4.78, 5) is 13.4. The molecule has 0 aromatic heterocycles. The molecule has 1 aliphatic rings. The summed E-state index contributed by atoms with van der Waals surface area (Å²) in [5.41, 5.74) is 1.72. The lowest BCUT2D eigenvalue weighted by atomic mass is 10.2. The maximum Gasteiger partial charge on any atom is 0.261 e. The molecule has 0 saturated heterocycles. The number of fused-ring (bicyclic) bond motifs is 1. The molecular formula is C18H20N2O5S. The van der Waals surface area contributed by atoms with Crippen molar-refractivity contribution in [1.29, 1.82) is 0 Å². The summed E-state index contributed by atoms with van der Waals surface area (Å²) in [7, 11) is -2.22. The number of carbonyl (C=O) groups excluding carboxylic acids is 1. The van der Waals surface area contributed by atoms with Crippen molar-refractivity contribution in [3.05, 3.63) is 42.0 Å². The molecule has 26 heavy (non-hydrogen) atoms. The van der Waals surface area contributed by atoms with Gasteiger partial charge in [-0.3, -0.25) is 9.52 Å². The van der Waals surface area contributed by atoms with Gasteiger partial charge in [-0.05, 0) is 42.8 Å². The zero-order valence-electron chi connectivity index (χ0n) is 14.8. The van der Waals surface area contributed by atoms with E-state index in [1.807, 2.05) is 0 Å². The molecule has 2 aromatic carbocycles. The van der Waals surface area contributed by atoms with Crippen LogP contribution < -0.4 is 19.1 Å². The maximum absolute atomic E-state index is 12.6. The first-order chi connectivity index (χ1) is 12.3. The van der Waals surface area contributed by atoms with Gasteiger partial charge in [0.05, 0.1) is 29.9 Å². The lowest BCUT2D eigenvalue weighted by molar-refractivity contribution is -0.116. The van der Waals surface area contributed by atoms with E-state index in [0.717, 1.165) is 5.56 Å². The van der Waals surface area contributed by atoms with E-state index >= 15 is 0 Å².